The fraction of sp³-hybridized carbons (Fsp3) is 0.429. The molecule has 2 aliphatic rings. The molecule has 0 saturated carbocycles. The number of rotatable bonds is 7. The summed E-state index contributed by atoms with van der Waals surface area (Å²) < 4.78 is 95.5. The Balaban J connectivity index is 1.44. The summed E-state index contributed by atoms with van der Waals surface area (Å²) in [6, 6.07) is 9.20. The van der Waals surface area contributed by atoms with Gasteiger partial charge in [-0.05, 0) is 67.5 Å². The van der Waals surface area contributed by atoms with Crippen molar-refractivity contribution in [3.8, 4) is 16.3 Å². The molecule has 41 heavy (non-hydrogen) atoms. The zero-order valence-corrected chi connectivity index (χ0v) is 22.6. The van der Waals surface area contributed by atoms with Gasteiger partial charge in [0.2, 0.25) is 0 Å². The molecule has 5 rings (SSSR count). The van der Waals surface area contributed by atoms with E-state index >= 15 is 0 Å². The fourth-order valence-electron chi connectivity index (χ4n) is 5.04. The minimum absolute atomic E-state index is 0.00819. The minimum Gasteiger partial charge on any atom is -0.406 e. The van der Waals surface area contributed by atoms with Crippen LogP contribution < -0.4 is 10.1 Å². The number of thiazole rings is 1. The van der Waals surface area contributed by atoms with Gasteiger partial charge in [-0.25, -0.2) is 4.98 Å². The van der Waals surface area contributed by atoms with Gasteiger partial charge in [0.05, 0.1) is 18.2 Å². The number of carbonyl (C=O) groups excluding carboxylic acids is 1. The van der Waals surface area contributed by atoms with Crippen LogP contribution in [0.4, 0.5) is 26.3 Å². The molecule has 3 unspecified atom stereocenters. The molecule has 2 saturated heterocycles. The van der Waals surface area contributed by atoms with Crippen molar-refractivity contribution in [3.63, 3.8) is 0 Å². The molecule has 0 aliphatic carbocycles. The van der Waals surface area contributed by atoms with Gasteiger partial charge in [0.15, 0.2) is 5.69 Å². The lowest BCUT2D eigenvalue weighted by atomic mass is 9.93. The molecule has 0 spiro atoms. The number of hydrogen-bond donors (Lipinski definition) is 1. The van der Waals surface area contributed by atoms with Crippen LogP contribution in [-0.2, 0) is 15.7 Å². The van der Waals surface area contributed by atoms with Gasteiger partial charge in [-0.3, -0.25) is 4.79 Å². The van der Waals surface area contributed by atoms with Gasteiger partial charge in [0.1, 0.15) is 15.6 Å². The van der Waals surface area contributed by atoms with Crippen molar-refractivity contribution in [1.29, 1.82) is 0 Å². The van der Waals surface area contributed by atoms with Crippen LogP contribution in [0.1, 0.15) is 82.9 Å². The molecule has 13 heteroatoms. The summed E-state index contributed by atoms with van der Waals surface area (Å²) in [5, 5.41) is 2.45. The van der Waals surface area contributed by atoms with Crippen LogP contribution >= 0.6 is 11.3 Å². The first-order valence-corrected chi connectivity index (χ1v) is 13.8. The average molecular weight is 601 g/mol. The smallest absolute Gasteiger partial charge is 0.406 e. The Morgan fingerprint density at radius 3 is 2.29 bits per heavy atom. The highest BCUT2D eigenvalue weighted by Crippen LogP contribution is 2.42. The molecular formula is C28H26F6N2O4S. The number of amides is 1. The zero-order valence-electron chi connectivity index (χ0n) is 21.8. The van der Waals surface area contributed by atoms with E-state index in [1.54, 1.807) is 12.1 Å². The highest BCUT2D eigenvalue weighted by Gasteiger charge is 2.40. The minimum atomic E-state index is -4.92. The number of carbonyl (C=O) groups is 1. The van der Waals surface area contributed by atoms with Crippen LogP contribution in [0.15, 0.2) is 42.5 Å². The summed E-state index contributed by atoms with van der Waals surface area (Å²) in [7, 11) is 0. The fourth-order valence-corrected chi connectivity index (χ4v) is 6.03. The van der Waals surface area contributed by atoms with E-state index in [1.807, 2.05) is 6.07 Å². The third-order valence-corrected chi connectivity index (χ3v) is 8.03. The highest BCUT2D eigenvalue weighted by molar-refractivity contribution is 7.17. The second-order valence-electron chi connectivity index (χ2n) is 9.86. The van der Waals surface area contributed by atoms with Crippen LogP contribution in [0.3, 0.4) is 0 Å². The first-order chi connectivity index (χ1) is 19.4. The van der Waals surface area contributed by atoms with Gasteiger partial charge in [-0.2, -0.15) is 13.2 Å². The number of aromatic nitrogens is 1. The Kier molecular flexibility index (Phi) is 8.31. The van der Waals surface area contributed by atoms with Gasteiger partial charge in [0.25, 0.3) is 5.91 Å². The highest BCUT2D eigenvalue weighted by atomic mass is 32.1. The van der Waals surface area contributed by atoms with Crippen LogP contribution in [0.2, 0.25) is 0 Å². The third-order valence-electron chi connectivity index (χ3n) is 6.93. The third kappa shape index (κ3) is 6.84. The van der Waals surface area contributed by atoms with Crippen molar-refractivity contribution in [1.82, 2.24) is 10.3 Å². The van der Waals surface area contributed by atoms with Gasteiger partial charge >= 0.3 is 12.5 Å². The molecule has 2 fully saturated rings. The number of alkyl halides is 6. The Morgan fingerprint density at radius 2 is 1.68 bits per heavy atom. The van der Waals surface area contributed by atoms with E-state index in [2.05, 4.69) is 15.0 Å². The molecule has 3 heterocycles. The number of ether oxygens (including phenoxy) is 3. The lowest BCUT2D eigenvalue weighted by Gasteiger charge is -2.20. The van der Waals surface area contributed by atoms with E-state index in [9.17, 15) is 31.1 Å². The predicted octanol–water partition coefficient (Wildman–Crippen LogP) is 7.92. The number of nitrogens with zero attached hydrogens (tertiary/aromatic N) is 1. The van der Waals surface area contributed by atoms with Gasteiger partial charge in [0, 0.05) is 18.8 Å². The molecule has 0 radical (unpaired) electrons. The molecular weight excluding hydrogens is 574 g/mol. The standard InChI is InChI=1S/C28H26F6N2O4S/c1-15(16-5-2-6-18(13-16)40-28(32,33)34)35-25(37)23-24(27(29,30)31)36-26(41-23)17-9-10-19(21-7-3-11-38-21)20(14-17)22-8-4-12-39-22/h2,5-6,9-10,13-15,21-22H,3-4,7-8,11-12H2,1H3,(H,35,37). The van der Waals surface area contributed by atoms with Crippen LogP contribution in [0.25, 0.3) is 10.6 Å². The number of nitrogens with one attached hydrogen (secondary N) is 1. The Bertz CT molecular complexity index is 1390. The SMILES string of the molecule is CC(NC(=O)c1sc(-c2ccc(C3CCCO3)c(C3CCCO3)c2)nc1C(F)(F)F)c1cccc(OC(F)(F)F)c1. The molecule has 1 aromatic heterocycles. The Labute approximate surface area is 235 Å². The van der Waals surface area contributed by atoms with Gasteiger partial charge in [-0.15, -0.1) is 24.5 Å². The molecule has 6 nitrogen and oxygen atoms in total. The van der Waals surface area contributed by atoms with Crippen molar-refractivity contribution in [2.75, 3.05) is 13.2 Å². The van der Waals surface area contributed by atoms with Crippen molar-refractivity contribution in [2.45, 2.75) is 63.4 Å². The topological polar surface area (TPSA) is 69.7 Å². The van der Waals surface area contributed by atoms with Crippen molar-refractivity contribution in [2.24, 2.45) is 0 Å². The summed E-state index contributed by atoms with van der Waals surface area (Å²) in [5.41, 5.74) is 1.07. The van der Waals surface area contributed by atoms with Crippen LogP contribution in [-0.4, -0.2) is 30.5 Å². The Morgan fingerprint density at radius 1 is 1.00 bits per heavy atom. The number of halogens is 6. The summed E-state index contributed by atoms with van der Waals surface area (Å²) in [6.45, 7) is 2.66. The molecule has 3 aromatic rings. The van der Waals surface area contributed by atoms with Crippen molar-refractivity contribution >= 4 is 17.2 Å². The van der Waals surface area contributed by atoms with E-state index < -0.39 is 40.8 Å². The van der Waals surface area contributed by atoms with E-state index in [1.165, 1.54) is 19.1 Å². The van der Waals surface area contributed by atoms with E-state index in [0.717, 1.165) is 48.9 Å². The maximum atomic E-state index is 14.0. The summed E-state index contributed by atoms with van der Waals surface area (Å²) in [6.07, 6.45) is -6.78. The molecule has 220 valence electrons. The van der Waals surface area contributed by atoms with E-state index in [4.69, 9.17) is 9.47 Å². The normalized spacial score (nSPS) is 20.3. The molecule has 2 aliphatic heterocycles. The molecule has 3 atom stereocenters. The zero-order chi connectivity index (χ0) is 29.4. The maximum Gasteiger partial charge on any atom is 0.573 e. The Hall–Kier alpha value is -3.16. The first kappa shape index (κ1) is 29.3. The molecule has 2 aromatic carbocycles. The van der Waals surface area contributed by atoms with Crippen LogP contribution in [0, 0.1) is 0 Å². The van der Waals surface area contributed by atoms with Crippen molar-refractivity contribution < 1.29 is 45.3 Å². The average Bonchev–Trinajstić information content (AvgIpc) is 3.69. The van der Waals surface area contributed by atoms with E-state index in [-0.39, 0.29) is 22.8 Å². The predicted molar refractivity (Wildman–Crippen MR) is 137 cm³/mol. The second kappa shape index (κ2) is 11.6. The monoisotopic (exact) mass is 600 g/mol. The van der Waals surface area contributed by atoms with Gasteiger partial charge in [-0.1, -0.05) is 24.3 Å². The first-order valence-electron chi connectivity index (χ1n) is 13.0. The van der Waals surface area contributed by atoms with Gasteiger partial charge < -0.3 is 19.5 Å². The number of hydrogen-bond acceptors (Lipinski definition) is 6. The van der Waals surface area contributed by atoms with E-state index in [0.29, 0.717) is 30.1 Å². The summed E-state index contributed by atoms with van der Waals surface area (Å²) in [4.78, 5) is 16.2. The summed E-state index contributed by atoms with van der Waals surface area (Å²) >= 11 is 0.596. The number of benzene rings is 2. The largest absolute Gasteiger partial charge is 0.573 e. The molecule has 1 amide bonds. The summed E-state index contributed by atoms with van der Waals surface area (Å²) in [5.74, 6) is -1.56. The lowest BCUT2D eigenvalue weighted by Crippen LogP contribution is -2.28. The quantitative estimate of drug-likeness (QED) is 0.279. The van der Waals surface area contributed by atoms with Crippen molar-refractivity contribution in [3.05, 3.63) is 69.7 Å². The molecule has 1 N–H and O–H groups in total. The van der Waals surface area contributed by atoms with Crippen LogP contribution in [0.5, 0.6) is 5.75 Å². The maximum absolute atomic E-state index is 14.0. The second-order valence-corrected chi connectivity index (χ2v) is 10.9. The lowest BCUT2D eigenvalue weighted by molar-refractivity contribution is -0.274. The molecule has 0 bridgehead atoms.